The maximum absolute atomic E-state index is 11.6. The van der Waals surface area contributed by atoms with Gasteiger partial charge in [-0.15, -0.1) is 0 Å². The van der Waals surface area contributed by atoms with Gasteiger partial charge >= 0.3 is 71.1 Å². The van der Waals surface area contributed by atoms with Crippen molar-refractivity contribution in [2.75, 3.05) is 79.3 Å². The van der Waals surface area contributed by atoms with Crippen LogP contribution in [0.4, 0.5) is 0 Å². The second kappa shape index (κ2) is 74.2. The molecule has 0 aromatic carbocycles. The van der Waals surface area contributed by atoms with Gasteiger partial charge in [-0.2, -0.15) is 0 Å². The largest absolute Gasteiger partial charge is 1.00 e. The molecular formula is C70H132AlLi2O29Pd-. The third-order valence-corrected chi connectivity index (χ3v) is 13.6. The van der Waals surface area contributed by atoms with Gasteiger partial charge in [0, 0.05) is 84.7 Å². The molecule has 0 saturated carbocycles. The van der Waals surface area contributed by atoms with Crippen LogP contribution in [0.2, 0.25) is 0 Å². The Morgan fingerprint density at radius 1 is 0.534 bits per heavy atom. The molecule has 103 heavy (non-hydrogen) atoms. The number of ketones is 5. The van der Waals surface area contributed by atoms with Crippen molar-refractivity contribution in [1.82, 2.24) is 0 Å². The molecule has 5 heterocycles. The van der Waals surface area contributed by atoms with Gasteiger partial charge in [0.2, 0.25) is 11.2 Å². The average Bonchev–Trinajstić information content (AvgIpc) is 1.13. The van der Waals surface area contributed by atoms with Crippen LogP contribution in [0.5, 0.6) is 0 Å². The zero-order valence-electron chi connectivity index (χ0n) is 65.9. The Morgan fingerprint density at radius 3 is 1.05 bits per heavy atom. The van der Waals surface area contributed by atoms with E-state index in [1.807, 2.05) is 62.3 Å². The molecule has 0 aliphatic carbocycles. The van der Waals surface area contributed by atoms with Crippen LogP contribution in [-0.4, -0.2) is 251 Å². The molecule has 4 saturated heterocycles. The molecule has 5 aliphatic rings. The van der Waals surface area contributed by atoms with Gasteiger partial charge < -0.3 is 79.7 Å². The molecular weight excluding hydrogens is 1450 g/mol. The van der Waals surface area contributed by atoms with Gasteiger partial charge in [0.25, 0.3) is 0 Å². The SMILES string of the molecule is C.C=CC=C.CC(=O)C1(CO)CCCCO1.CC(=O)C1(CO)CCCCO1.CC(C)(C)OOC(C)(C)C.CC(C)(C)[O][AlH].CC1CCCO1.CCOC(=O)C(=O)C(=O)OCC.CCOC(=O)C1(C(C)=O)CC=CCO1.CCOC(=O)C1(C(C)=O)CCCCO1.CCOC(C)=O.O.OO.[CH3-].[Li+].[Li].[OH-].[Pd]. The van der Waals surface area contributed by atoms with E-state index in [-0.39, 0.29) is 183 Å². The molecule has 0 aromatic heterocycles. The molecule has 602 valence electrons. The van der Waals surface area contributed by atoms with E-state index >= 15 is 0 Å². The standard InChI is InChI=1S/C10H16O4.C10H14O4.2C8H14O3.C8H18O2.C7H10O5.C5H10O.C4H8O2.C4H9O.C4H6.CH4.CH3.Al.2Li.H2O2.2H2O.Pd.H/c2*1-3-13-9(12)10(8(2)11)6-4-5-7-14-10;2*1-7(10)8(6-9)4-2-3-5-11-8;1-7(2,3)9-10-8(4,5)6;1-3-11-6(9)5(8)7(10)12-4-2;1-5-3-2-4-6-5;1-3-6-4(2)5;1-4(2,3)5;1-3-4-2;;;;;;1-2;;;;/h3-7H2,1-2H3;4-5H,3,6-7H2,1-2H3;2*9H,2-6H2,1H3;1-6H3;3-4H2,1-2H3;5H,2-4H2,1H3;3H2,1-2H3;1-3H3;3-4H,1-2H2;1H4;1H3;;;;1-2H;2*1H2;;/q;;;;;;;;-1;;;-1;+1;;+1;;;;;/p-1. The summed E-state index contributed by atoms with van der Waals surface area (Å²) in [6.07, 6.45) is 17.6. The molecule has 5 unspecified atom stereocenters. The van der Waals surface area contributed by atoms with E-state index in [4.69, 9.17) is 67.4 Å². The summed E-state index contributed by atoms with van der Waals surface area (Å²) in [5.41, 5.74) is -4.81. The van der Waals surface area contributed by atoms with E-state index in [1.54, 1.807) is 45.1 Å². The number of hydrogen-bond acceptors (Lipinski definition) is 28. The predicted octanol–water partition coefficient (Wildman–Crippen LogP) is 5.61. The Kier molecular flexibility index (Phi) is 93.1. The number of allylic oxidation sites excluding steroid dienone is 2. The summed E-state index contributed by atoms with van der Waals surface area (Å²) in [5, 5.41) is 29.9. The van der Waals surface area contributed by atoms with Crippen molar-refractivity contribution in [3.8, 4) is 0 Å². The topological polar surface area (TPSA) is 433 Å². The van der Waals surface area contributed by atoms with Crippen LogP contribution in [0.3, 0.4) is 0 Å². The summed E-state index contributed by atoms with van der Waals surface area (Å²) in [7, 11) is 0. The first-order valence-electron chi connectivity index (χ1n) is 32.3. The molecule has 33 heteroatoms. The van der Waals surface area contributed by atoms with Gasteiger partial charge in [-0.1, -0.05) is 44.9 Å². The zero-order chi connectivity index (χ0) is 75.8. The Bertz CT molecular complexity index is 2160. The van der Waals surface area contributed by atoms with Crippen molar-refractivity contribution in [3.05, 3.63) is 44.9 Å². The van der Waals surface area contributed by atoms with Crippen molar-refractivity contribution >= 4 is 94.2 Å². The smallest absolute Gasteiger partial charge is 0.870 e. The van der Waals surface area contributed by atoms with Gasteiger partial charge in [0.1, 0.15) is 11.2 Å². The number of carbonyl (C=O) groups excluding carboxylic acids is 10. The van der Waals surface area contributed by atoms with E-state index in [0.29, 0.717) is 51.8 Å². The number of hydrogen-bond donors (Lipinski definition) is 4. The number of esters is 5. The van der Waals surface area contributed by atoms with Crippen LogP contribution in [-0.2, 0) is 129 Å². The van der Waals surface area contributed by atoms with Crippen LogP contribution < -0.4 is 18.9 Å². The first-order valence-corrected chi connectivity index (χ1v) is 32.9. The molecule has 5 rings (SSSR count). The maximum atomic E-state index is 11.6. The Labute approximate surface area is 662 Å². The molecule has 7 N–H and O–H groups in total. The molecule has 0 bridgehead atoms. The minimum atomic E-state index is -1.40. The molecule has 29 nitrogen and oxygen atoms in total. The minimum absolute atomic E-state index is 0. The van der Waals surface area contributed by atoms with Crippen molar-refractivity contribution in [3.63, 3.8) is 0 Å². The normalized spacial score (nSPS) is 19.7. The van der Waals surface area contributed by atoms with Crippen LogP contribution in [0, 0.1) is 7.43 Å². The van der Waals surface area contributed by atoms with Crippen LogP contribution in [0.1, 0.15) is 223 Å². The van der Waals surface area contributed by atoms with Crippen LogP contribution in [0.15, 0.2) is 37.5 Å². The molecule has 0 amide bonds. The third-order valence-electron chi connectivity index (χ3n) is 12.7. The van der Waals surface area contributed by atoms with Crippen LogP contribution in [0.25, 0.3) is 0 Å². The van der Waals surface area contributed by atoms with Crippen molar-refractivity contribution in [1.29, 1.82) is 0 Å². The van der Waals surface area contributed by atoms with E-state index in [9.17, 15) is 47.9 Å². The minimum Gasteiger partial charge on any atom is -0.870 e. The fourth-order valence-electron chi connectivity index (χ4n) is 7.37. The van der Waals surface area contributed by atoms with Gasteiger partial charge in [0.15, 0.2) is 23.1 Å². The number of rotatable bonds is 17. The van der Waals surface area contributed by atoms with E-state index in [1.165, 1.54) is 77.9 Å². The fourth-order valence-corrected chi connectivity index (χ4v) is 7.37. The first kappa shape index (κ1) is 129. The average molecular weight is 1590 g/mol. The second-order valence-electron chi connectivity index (χ2n) is 24.2. The van der Waals surface area contributed by atoms with E-state index in [0.717, 1.165) is 45.1 Å². The molecule has 4 fully saturated rings. The molecule has 2 radical (unpaired) electrons. The quantitative estimate of drug-likeness (QED) is 0.0131. The van der Waals surface area contributed by atoms with Gasteiger partial charge in [-0.25, -0.2) is 29.0 Å². The zero-order valence-corrected chi connectivity index (χ0v) is 68.9. The number of ether oxygens (including phenoxy) is 10. The number of carbonyl (C=O) groups is 10. The van der Waals surface area contributed by atoms with Gasteiger partial charge in [0.05, 0.1) is 70.2 Å². The molecule has 5 atom stereocenters. The summed E-state index contributed by atoms with van der Waals surface area (Å²) in [6.45, 7) is 45.7. The summed E-state index contributed by atoms with van der Waals surface area (Å²) < 4.78 is 53.9. The number of aliphatic hydroxyl groups excluding tert-OH is 2. The summed E-state index contributed by atoms with van der Waals surface area (Å²) in [5.74, 6) is -5.61. The first-order chi connectivity index (χ1) is 44.7. The molecule has 0 aromatic rings. The maximum Gasteiger partial charge on any atom is 1.00 e. The Morgan fingerprint density at radius 2 is 0.874 bits per heavy atom. The summed E-state index contributed by atoms with van der Waals surface area (Å²) in [6, 6.07) is 0. The summed E-state index contributed by atoms with van der Waals surface area (Å²) in [4.78, 5) is 120. The Hall–Kier alpha value is -3.25. The van der Waals surface area contributed by atoms with Crippen molar-refractivity contribution < 1.29 is 180 Å². The van der Waals surface area contributed by atoms with E-state index < -0.39 is 52.1 Å². The van der Waals surface area contributed by atoms with Gasteiger partial charge in [-0.3, -0.25) is 39.3 Å². The fraction of sp³-hybridized carbons (Fsp3) is 0.757. The monoisotopic (exact) mass is 1580 g/mol. The second-order valence-corrected chi connectivity index (χ2v) is 24.5. The molecule has 0 spiro atoms. The van der Waals surface area contributed by atoms with Crippen LogP contribution >= 0.6 is 0 Å². The molecule has 5 aliphatic heterocycles. The summed E-state index contributed by atoms with van der Waals surface area (Å²) >= 11 is 1.54. The van der Waals surface area contributed by atoms with Crippen molar-refractivity contribution in [2.45, 2.75) is 268 Å². The Balaban J connectivity index is -0.0000000799. The number of Topliss-reactive ketones (excluding diaryl/α,β-unsaturated/α-hetero) is 5. The third kappa shape index (κ3) is 64.5. The predicted molar refractivity (Wildman–Crippen MR) is 385 cm³/mol. The van der Waals surface area contributed by atoms with Crippen molar-refractivity contribution in [2.24, 2.45) is 0 Å². The number of aliphatic hydroxyl groups is 2. The van der Waals surface area contributed by atoms with Gasteiger partial charge in [-0.05, 0) is 202 Å². The van der Waals surface area contributed by atoms with E-state index in [2.05, 4.69) is 34.3 Å².